The largest absolute Gasteiger partial charge is 0.247 e. The number of aromatic nitrogens is 4. The quantitative estimate of drug-likeness (QED) is 0.187. The molecule has 0 bridgehead atoms. The van der Waals surface area contributed by atoms with Gasteiger partial charge in [-0.05, 0) is 59.2 Å². The molecule has 0 amide bonds. The number of para-hydroxylation sites is 1. The number of fused-ring (bicyclic) bond motifs is 5. The Labute approximate surface area is 269 Å². The first kappa shape index (κ1) is 27.4. The van der Waals surface area contributed by atoms with E-state index >= 15 is 0 Å². The van der Waals surface area contributed by atoms with E-state index in [1.165, 1.54) is 12.1 Å². The molecule has 0 radical (unpaired) electrons. The van der Waals surface area contributed by atoms with Crippen molar-refractivity contribution < 1.29 is 0 Å². The Bertz CT molecular complexity index is 2600. The summed E-state index contributed by atoms with van der Waals surface area (Å²) in [6, 6.07) is 47.5. The fourth-order valence-electron chi connectivity index (χ4n) is 6.16. The lowest BCUT2D eigenvalue weighted by molar-refractivity contribution is 0.766. The standard InChI is InChI=1S/C40H21N7/c41-22-25-19-30(23-42)37(31(20-25)24-43)27-13-11-26(12-14-27)29-15-16-33-36(21-29)44-39(28-7-3-1-4-8-28)34-17-18-35-40(38(33)34)46-47(45-35)32-9-5-2-6-10-32/h1-21H. The van der Waals surface area contributed by atoms with E-state index in [0.29, 0.717) is 16.7 Å². The second-order valence-electron chi connectivity index (χ2n) is 11.1. The summed E-state index contributed by atoms with van der Waals surface area (Å²) in [5.41, 5.74) is 9.22. The maximum absolute atomic E-state index is 9.77. The minimum atomic E-state index is 0.282. The summed E-state index contributed by atoms with van der Waals surface area (Å²) in [4.78, 5) is 6.88. The van der Waals surface area contributed by atoms with Crippen LogP contribution in [0.3, 0.4) is 0 Å². The second kappa shape index (κ2) is 11.1. The van der Waals surface area contributed by atoms with Crippen LogP contribution in [0.15, 0.2) is 127 Å². The van der Waals surface area contributed by atoms with Crippen LogP contribution in [-0.2, 0) is 0 Å². The second-order valence-corrected chi connectivity index (χ2v) is 11.1. The summed E-state index contributed by atoms with van der Waals surface area (Å²) in [6.07, 6.45) is 0. The Hall–Kier alpha value is -7.14. The fourth-order valence-corrected chi connectivity index (χ4v) is 6.16. The lowest BCUT2D eigenvalue weighted by atomic mass is 9.92. The number of nitriles is 3. The minimum Gasteiger partial charge on any atom is -0.247 e. The number of rotatable bonds is 4. The van der Waals surface area contributed by atoms with E-state index in [-0.39, 0.29) is 5.56 Å². The van der Waals surface area contributed by atoms with Crippen LogP contribution in [0.2, 0.25) is 0 Å². The van der Waals surface area contributed by atoms with E-state index < -0.39 is 0 Å². The molecule has 0 aliphatic heterocycles. The molecule has 6 aromatic carbocycles. The van der Waals surface area contributed by atoms with Gasteiger partial charge in [-0.2, -0.15) is 20.6 Å². The van der Waals surface area contributed by atoms with Gasteiger partial charge in [0, 0.05) is 27.3 Å². The lowest BCUT2D eigenvalue weighted by Crippen LogP contribution is -1.97. The van der Waals surface area contributed by atoms with E-state index in [1.54, 1.807) is 4.80 Å². The normalized spacial score (nSPS) is 10.9. The van der Waals surface area contributed by atoms with Crippen LogP contribution in [0.1, 0.15) is 16.7 Å². The molecule has 0 unspecified atom stereocenters. The molecule has 216 valence electrons. The molecule has 7 heteroatoms. The van der Waals surface area contributed by atoms with Gasteiger partial charge in [0.05, 0.1) is 51.8 Å². The highest BCUT2D eigenvalue weighted by molar-refractivity contribution is 6.21. The molecule has 8 aromatic rings. The van der Waals surface area contributed by atoms with Gasteiger partial charge in [-0.25, -0.2) is 4.98 Å². The van der Waals surface area contributed by atoms with Crippen LogP contribution >= 0.6 is 0 Å². The zero-order chi connectivity index (χ0) is 31.9. The monoisotopic (exact) mass is 599 g/mol. The fraction of sp³-hybridized carbons (Fsp3) is 0. The Kier molecular flexibility index (Phi) is 6.47. The van der Waals surface area contributed by atoms with Gasteiger partial charge in [-0.1, -0.05) is 84.9 Å². The molecule has 0 spiro atoms. The molecule has 0 atom stereocenters. The van der Waals surface area contributed by atoms with Gasteiger partial charge in [0.2, 0.25) is 0 Å². The number of hydrogen-bond acceptors (Lipinski definition) is 6. The van der Waals surface area contributed by atoms with E-state index in [2.05, 4.69) is 48.5 Å². The molecule has 0 aliphatic rings. The third kappa shape index (κ3) is 4.62. The smallest absolute Gasteiger partial charge is 0.122 e. The maximum atomic E-state index is 9.77. The molecule has 47 heavy (non-hydrogen) atoms. The molecular weight excluding hydrogens is 578 g/mol. The van der Waals surface area contributed by atoms with Crippen molar-refractivity contribution in [1.82, 2.24) is 20.0 Å². The van der Waals surface area contributed by atoms with Crippen molar-refractivity contribution in [2.45, 2.75) is 0 Å². The maximum Gasteiger partial charge on any atom is 0.122 e. The summed E-state index contributed by atoms with van der Waals surface area (Å²) in [7, 11) is 0. The summed E-state index contributed by atoms with van der Waals surface area (Å²) >= 11 is 0. The summed E-state index contributed by atoms with van der Waals surface area (Å²) in [6.45, 7) is 0. The third-order valence-electron chi connectivity index (χ3n) is 8.36. The zero-order valence-corrected chi connectivity index (χ0v) is 24.8. The van der Waals surface area contributed by atoms with Gasteiger partial charge in [-0.3, -0.25) is 0 Å². The van der Waals surface area contributed by atoms with Gasteiger partial charge in [0.1, 0.15) is 11.0 Å². The summed E-state index contributed by atoms with van der Waals surface area (Å²) in [5, 5.41) is 41.6. The Morgan fingerprint density at radius 2 is 1.15 bits per heavy atom. The first-order chi connectivity index (χ1) is 23.1. The van der Waals surface area contributed by atoms with Crippen LogP contribution < -0.4 is 0 Å². The number of pyridine rings is 1. The van der Waals surface area contributed by atoms with Crippen molar-refractivity contribution in [3.63, 3.8) is 0 Å². The molecule has 2 aromatic heterocycles. The van der Waals surface area contributed by atoms with Crippen molar-refractivity contribution in [3.05, 3.63) is 144 Å². The van der Waals surface area contributed by atoms with Crippen molar-refractivity contribution in [1.29, 1.82) is 15.8 Å². The highest BCUT2D eigenvalue weighted by Gasteiger charge is 2.18. The van der Waals surface area contributed by atoms with Crippen LogP contribution in [0.4, 0.5) is 0 Å². The molecule has 0 saturated heterocycles. The Morgan fingerprint density at radius 3 is 1.83 bits per heavy atom. The predicted octanol–water partition coefficient (Wildman–Crippen LogP) is 8.74. The van der Waals surface area contributed by atoms with E-state index in [9.17, 15) is 15.8 Å². The van der Waals surface area contributed by atoms with Crippen LogP contribution in [0, 0.1) is 34.0 Å². The molecule has 0 saturated carbocycles. The molecule has 0 fully saturated rings. The Balaban J connectivity index is 1.30. The predicted molar refractivity (Wildman–Crippen MR) is 182 cm³/mol. The number of nitrogens with zero attached hydrogens (tertiary/aromatic N) is 7. The topological polar surface area (TPSA) is 115 Å². The van der Waals surface area contributed by atoms with Gasteiger partial charge < -0.3 is 0 Å². The van der Waals surface area contributed by atoms with E-state index in [1.807, 2.05) is 84.9 Å². The van der Waals surface area contributed by atoms with Crippen molar-refractivity contribution in [3.8, 4) is 57.4 Å². The van der Waals surface area contributed by atoms with Crippen LogP contribution in [0.5, 0.6) is 0 Å². The third-order valence-corrected chi connectivity index (χ3v) is 8.36. The average Bonchev–Trinajstić information content (AvgIpc) is 3.59. The molecule has 0 N–H and O–H groups in total. The molecule has 2 heterocycles. The summed E-state index contributed by atoms with van der Waals surface area (Å²) in [5.74, 6) is 0. The first-order valence-electron chi connectivity index (χ1n) is 14.9. The van der Waals surface area contributed by atoms with Crippen molar-refractivity contribution >= 4 is 32.7 Å². The van der Waals surface area contributed by atoms with E-state index in [0.717, 1.165) is 66.3 Å². The zero-order valence-electron chi connectivity index (χ0n) is 24.8. The van der Waals surface area contributed by atoms with Crippen molar-refractivity contribution in [2.75, 3.05) is 0 Å². The van der Waals surface area contributed by atoms with Gasteiger partial charge in [0.15, 0.2) is 0 Å². The van der Waals surface area contributed by atoms with Gasteiger partial charge >= 0.3 is 0 Å². The highest BCUT2D eigenvalue weighted by Crippen LogP contribution is 2.38. The first-order valence-corrected chi connectivity index (χ1v) is 14.9. The summed E-state index contributed by atoms with van der Waals surface area (Å²) < 4.78 is 0. The van der Waals surface area contributed by atoms with Crippen LogP contribution in [-0.4, -0.2) is 20.0 Å². The lowest BCUT2D eigenvalue weighted by Gasteiger charge is -2.12. The molecule has 8 rings (SSSR count). The van der Waals surface area contributed by atoms with Gasteiger partial charge in [-0.15, -0.1) is 10.2 Å². The van der Waals surface area contributed by atoms with Crippen LogP contribution in [0.25, 0.3) is 71.9 Å². The average molecular weight is 600 g/mol. The van der Waals surface area contributed by atoms with E-state index in [4.69, 9.17) is 15.2 Å². The number of benzene rings is 6. The van der Waals surface area contributed by atoms with Crippen molar-refractivity contribution in [2.24, 2.45) is 0 Å². The minimum absolute atomic E-state index is 0.282. The molecule has 0 aliphatic carbocycles. The Morgan fingerprint density at radius 1 is 0.511 bits per heavy atom. The molecular formula is C40H21N7. The molecule has 7 nitrogen and oxygen atoms in total. The SMILES string of the molecule is N#Cc1cc(C#N)c(-c2ccc(-c3ccc4c(c3)nc(-c3ccccc3)c3ccc5nn(-c6ccccc6)nc5c34)cc2)c(C#N)c1. The van der Waals surface area contributed by atoms with Gasteiger partial charge in [0.25, 0.3) is 0 Å². The highest BCUT2D eigenvalue weighted by atomic mass is 15.5. The number of hydrogen-bond donors (Lipinski definition) is 0.